The molecule has 0 unspecified atom stereocenters. The molecule has 1 aromatic heterocycles. The van der Waals surface area contributed by atoms with Gasteiger partial charge in [0.05, 0.1) is 5.02 Å². The molecule has 1 heterocycles. The number of nitrogen functional groups attached to an aromatic ring is 1. The van der Waals surface area contributed by atoms with Crippen LogP contribution < -0.4 is 11.1 Å². The highest BCUT2D eigenvalue weighted by molar-refractivity contribution is 6.31. The maximum Gasteiger partial charge on any atom is 0.221 e. The second-order valence-corrected chi connectivity index (χ2v) is 5.02. The predicted octanol–water partition coefficient (Wildman–Crippen LogP) is 4.26. The van der Waals surface area contributed by atoms with E-state index in [4.69, 9.17) is 17.3 Å². The number of nitrogens with two attached hydrogens (primary N) is 1. The van der Waals surface area contributed by atoms with E-state index in [2.05, 4.69) is 15.3 Å². The molecule has 0 aliphatic rings. The molecule has 22 heavy (non-hydrogen) atoms. The number of hydrogen-bond donors (Lipinski definition) is 2. The molecule has 0 saturated carbocycles. The highest BCUT2D eigenvalue weighted by atomic mass is 35.5. The minimum Gasteiger partial charge on any atom is -0.368 e. The normalized spacial score (nSPS) is 10.5. The zero-order valence-corrected chi connectivity index (χ0v) is 12.2. The van der Waals surface area contributed by atoms with E-state index in [-0.39, 0.29) is 11.0 Å². The highest BCUT2D eigenvalue weighted by Gasteiger charge is 2.11. The van der Waals surface area contributed by atoms with Crippen molar-refractivity contribution in [3.05, 3.63) is 65.6 Å². The summed E-state index contributed by atoms with van der Waals surface area (Å²) in [4.78, 5) is 8.22. The van der Waals surface area contributed by atoms with Crippen molar-refractivity contribution in [2.24, 2.45) is 0 Å². The molecule has 2 aromatic carbocycles. The minimum atomic E-state index is -0.473. The van der Waals surface area contributed by atoms with Gasteiger partial charge in [-0.25, -0.2) is 9.37 Å². The van der Waals surface area contributed by atoms with Crippen LogP contribution in [0.25, 0.3) is 11.1 Å². The lowest BCUT2D eigenvalue weighted by atomic mass is 10.1. The summed E-state index contributed by atoms with van der Waals surface area (Å²) >= 11 is 5.85. The summed E-state index contributed by atoms with van der Waals surface area (Å²) in [6.45, 7) is 0. The van der Waals surface area contributed by atoms with Crippen molar-refractivity contribution in [1.29, 1.82) is 0 Å². The molecule has 0 atom stereocenters. The average Bonchev–Trinajstić information content (AvgIpc) is 2.51. The zero-order valence-electron chi connectivity index (χ0n) is 11.4. The van der Waals surface area contributed by atoms with E-state index in [1.165, 1.54) is 12.1 Å². The third kappa shape index (κ3) is 2.99. The lowest BCUT2D eigenvalue weighted by Gasteiger charge is -2.12. The second kappa shape index (κ2) is 5.99. The van der Waals surface area contributed by atoms with Crippen LogP contribution in [0.2, 0.25) is 5.02 Å². The van der Waals surface area contributed by atoms with Crippen LogP contribution in [0, 0.1) is 5.82 Å². The summed E-state index contributed by atoms with van der Waals surface area (Å²) in [5.41, 5.74) is 7.90. The smallest absolute Gasteiger partial charge is 0.221 e. The van der Waals surface area contributed by atoms with Crippen LogP contribution in [0.3, 0.4) is 0 Å². The molecular formula is C16H12ClFN4. The molecule has 0 amide bonds. The third-order valence-electron chi connectivity index (χ3n) is 3.07. The molecular weight excluding hydrogens is 303 g/mol. The van der Waals surface area contributed by atoms with Gasteiger partial charge in [0, 0.05) is 17.4 Å². The van der Waals surface area contributed by atoms with Gasteiger partial charge >= 0.3 is 0 Å². The summed E-state index contributed by atoms with van der Waals surface area (Å²) in [5.74, 6) is 0.205. The monoisotopic (exact) mass is 314 g/mol. The largest absolute Gasteiger partial charge is 0.368 e. The van der Waals surface area contributed by atoms with Gasteiger partial charge in [0.1, 0.15) is 11.6 Å². The Kier molecular flexibility index (Phi) is 3.89. The number of aromatic nitrogens is 2. The SMILES string of the molecule is Nc1ncc(-c2ccc(F)c(Cl)c2)c(Nc2ccccc2)n1. The fraction of sp³-hybridized carbons (Fsp3) is 0. The van der Waals surface area contributed by atoms with Gasteiger partial charge in [0.25, 0.3) is 0 Å². The molecule has 6 heteroatoms. The molecule has 3 aromatic rings. The van der Waals surface area contributed by atoms with Crippen molar-refractivity contribution >= 4 is 29.1 Å². The van der Waals surface area contributed by atoms with Gasteiger partial charge in [-0.3, -0.25) is 0 Å². The molecule has 0 saturated heterocycles. The van der Waals surface area contributed by atoms with Crippen molar-refractivity contribution in [2.75, 3.05) is 11.1 Å². The summed E-state index contributed by atoms with van der Waals surface area (Å²) in [6.07, 6.45) is 1.58. The Balaban J connectivity index is 2.05. The number of rotatable bonds is 3. The van der Waals surface area contributed by atoms with Gasteiger partial charge in [0.15, 0.2) is 0 Å². The first-order chi connectivity index (χ1) is 10.6. The lowest BCUT2D eigenvalue weighted by molar-refractivity contribution is 0.628. The van der Waals surface area contributed by atoms with Crippen LogP contribution in [-0.2, 0) is 0 Å². The van der Waals surface area contributed by atoms with Gasteiger partial charge in [-0.15, -0.1) is 0 Å². The molecule has 0 aliphatic carbocycles. The number of nitrogens with zero attached hydrogens (tertiary/aromatic N) is 2. The van der Waals surface area contributed by atoms with Gasteiger partial charge in [-0.2, -0.15) is 4.98 Å². The van der Waals surface area contributed by atoms with E-state index in [1.54, 1.807) is 12.3 Å². The average molecular weight is 315 g/mol. The molecule has 0 bridgehead atoms. The molecule has 110 valence electrons. The topological polar surface area (TPSA) is 63.8 Å². The Bertz CT molecular complexity index is 808. The Hall–Kier alpha value is -2.66. The van der Waals surface area contributed by atoms with Gasteiger partial charge in [0.2, 0.25) is 5.95 Å². The number of anilines is 3. The van der Waals surface area contributed by atoms with E-state index < -0.39 is 5.82 Å². The quantitative estimate of drug-likeness (QED) is 0.758. The summed E-state index contributed by atoms with van der Waals surface area (Å²) in [5, 5.41) is 3.22. The second-order valence-electron chi connectivity index (χ2n) is 4.61. The zero-order chi connectivity index (χ0) is 15.5. The van der Waals surface area contributed by atoms with E-state index in [9.17, 15) is 4.39 Å². The molecule has 4 nitrogen and oxygen atoms in total. The van der Waals surface area contributed by atoms with Crippen molar-refractivity contribution in [2.45, 2.75) is 0 Å². The summed E-state index contributed by atoms with van der Waals surface area (Å²) in [7, 11) is 0. The first-order valence-corrected chi connectivity index (χ1v) is 6.91. The van der Waals surface area contributed by atoms with Crippen molar-refractivity contribution in [1.82, 2.24) is 9.97 Å². The Morgan fingerprint density at radius 3 is 2.59 bits per heavy atom. The summed E-state index contributed by atoms with van der Waals surface area (Å²) in [6, 6.07) is 14.0. The Labute approximate surface area is 131 Å². The van der Waals surface area contributed by atoms with E-state index in [0.29, 0.717) is 16.9 Å². The maximum absolute atomic E-state index is 13.3. The Morgan fingerprint density at radius 2 is 1.86 bits per heavy atom. The van der Waals surface area contributed by atoms with Crippen LogP contribution in [0.4, 0.5) is 21.8 Å². The molecule has 0 aliphatic heterocycles. The number of halogens is 2. The minimum absolute atomic E-state index is 0.0417. The molecule has 0 spiro atoms. The van der Waals surface area contributed by atoms with Crippen LogP contribution in [0.5, 0.6) is 0 Å². The van der Waals surface area contributed by atoms with Gasteiger partial charge < -0.3 is 11.1 Å². The van der Waals surface area contributed by atoms with Crippen LogP contribution >= 0.6 is 11.6 Å². The first-order valence-electron chi connectivity index (χ1n) is 6.53. The van der Waals surface area contributed by atoms with Gasteiger partial charge in [-0.1, -0.05) is 35.9 Å². The van der Waals surface area contributed by atoms with E-state index >= 15 is 0 Å². The number of nitrogens with one attached hydrogen (secondary N) is 1. The third-order valence-corrected chi connectivity index (χ3v) is 3.36. The number of para-hydroxylation sites is 1. The van der Waals surface area contributed by atoms with Crippen LogP contribution in [0.1, 0.15) is 0 Å². The Morgan fingerprint density at radius 1 is 1.09 bits per heavy atom. The fourth-order valence-corrected chi connectivity index (χ4v) is 2.20. The fourth-order valence-electron chi connectivity index (χ4n) is 2.02. The lowest BCUT2D eigenvalue weighted by Crippen LogP contribution is -2.02. The van der Waals surface area contributed by atoms with Crippen molar-refractivity contribution in [3.8, 4) is 11.1 Å². The van der Waals surface area contributed by atoms with E-state index in [1.807, 2.05) is 30.3 Å². The van der Waals surface area contributed by atoms with Gasteiger partial charge in [-0.05, 0) is 29.8 Å². The van der Waals surface area contributed by atoms with Crippen molar-refractivity contribution < 1.29 is 4.39 Å². The highest BCUT2D eigenvalue weighted by Crippen LogP contribution is 2.31. The summed E-state index contributed by atoms with van der Waals surface area (Å²) < 4.78 is 13.3. The van der Waals surface area contributed by atoms with Crippen LogP contribution in [-0.4, -0.2) is 9.97 Å². The van der Waals surface area contributed by atoms with Crippen molar-refractivity contribution in [3.63, 3.8) is 0 Å². The molecule has 0 radical (unpaired) electrons. The number of hydrogen-bond acceptors (Lipinski definition) is 4. The molecule has 3 N–H and O–H groups in total. The standard InChI is InChI=1S/C16H12ClFN4/c17-13-8-10(6-7-14(13)18)12-9-20-16(19)22-15(12)21-11-4-2-1-3-5-11/h1-9H,(H3,19,20,21,22). The maximum atomic E-state index is 13.3. The predicted molar refractivity (Wildman–Crippen MR) is 86.6 cm³/mol. The molecule has 0 fully saturated rings. The van der Waals surface area contributed by atoms with E-state index in [0.717, 1.165) is 5.69 Å². The number of benzene rings is 2. The molecule has 3 rings (SSSR count). The van der Waals surface area contributed by atoms with Crippen LogP contribution in [0.15, 0.2) is 54.7 Å². The first kappa shape index (κ1) is 14.3.